The molecule has 0 amide bonds. The zero-order valence-electron chi connectivity index (χ0n) is 23.7. The fourth-order valence-corrected chi connectivity index (χ4v) is 10.9. The molecule has 4 aliphatic carbocycles. The Balaban J connectivity index is 1.49. The van der Waals surface area contributed by atoms with E-state index in [0.717, 1.165) is 35.5 Å². The molecule has 0 aromatic rings. The molecule has 0 bridgehead atoms. The van der Waals surface area contributed by atoms with Gasteiger partial charge in [-0.25, -0.2) is 0 Å². The molecule has 0 N–H and O–H groups in total. The van der Waals surface area contributed by atoms with Crippen molar-refractivity contribution in [1.82, 2.24) is 0 Å². The van der Waals surface area contributed by atoms with Gasteiger partial charge < -0.3 is 4.43 Å². The first kappa shape index (κ1) is 26.0. The van der Waals surface area contributed by atoms with Crippen molar-refractivity contribution in [3.05, 3.63) is 11.6 Å². The Morgan fingerprint density at radius 1 is 0.970 bits per heavy atom. The molecule has 0 aromatic carbocycles. The lowest BCUT2D eigenvalue weighted by molar-refractivity contribution is -0.0628. The van der Waals surface area contributed by atoms with Crippen LogP contribution in [0.25, 0.3) is 0 Å². The molecule has 0 aromatic heterocycles. The van der Waals surface area contributed by atoms with Gasteiger partial charge in [0.1, 0.15) is 0 Å². The third-order valence-electron chi connectivity index (χ3n) is 11.2. The van der Waals surface area contributed by atoms with Crippen LogP contribution in [0.5, 0.6) is 0 Å². The molecular formula is C31H56OSi. The highest BCUT2D eigenvalue weighted by atomic mass is 28.4. The normalized spacial score (nSPS) is 44.1. The lowest BCUT2D eigenvalue weighted by atomic mass is 9.46. The molecule has 3 saturated carbocycles. The van der Waals surface area contributed by atoms with Crippen molar-refractivity contribution in [2.75, 3.05) is 0 Å². The average Bonchev–Trinajstić information content (AvgIpc) is 3.06. The monoisotopic (exact) mass is 472 g/mol. The SMILES string of the molecule is CC(C)CCC[C@@H](C)[C@H]1CC[C@H]2[C@@H]3CC=C4[C@@H](C)[C@@H](O[Si](C)(C)C)CC[C@]4(C)[C@H]3CC[C@]12C. The van der Waals surface area contributed by atoms with E-state index in [1.807, 2.05) is 0 Å². The maximum atomic E-state index is 6.69. The quantitative estimate of drug-likeness (QED) is 0.265. The molecule has 2 heteroatoms. The largest absolute Gasteiger partial charge is 0.414 e. The summed E-state index contributed by atoms with van der Waals surface area (Å²) in [6, 6.07) is 0. The first-order valence-corrected chi connectivity index (χ1v) is 18.2. The van der Waals surface area contributed by atoms with Crippen molar-refractivity contribution in [3.8, 4) is 0 Å². The van der Waals surface area contributed by atoms with E-state index in [0.29, 0.717) is 22.9 Å². The summed E-state index contributed by atoms with van der Waals surface area (Å²) in [6.07, 6.45) is 17.5. The van der Waals surface area contributed by atoms with E-state index in [9.17, 15) is 0 Å². The van der Waals surface area contributed by atoms with Crippen LogP contribution in [0.1, 0.15) is 106 Å². The minimum absolute atomic E-state index is 0.434. The van der Waals surface area contributed by atoms with Crippen LogP contribution in [0, 0.1) is 52.3 Å². The molecule has 1 nitrogen and oxygen atoms in total. The van der Waals surface area contributed by atoms with Crippen LogP contribution in [-0.4, -0.2) is 14.4 Å². The highest BCUT2D eigenvalue weighted by molar-refractivity contribution is 6.69. The van der Waals surface area contributed by atoms with E-state index >= 15 is 0 Å². The van der Waals surface area contributed by atoms with Crippen molar-refractivity contribution in [2.24, 2.45) is 52.3 Å². The zero-order chi connectivity index (χ0) is 24.2. The zero-order valence-corrected chi connectivity index (χ0v) is 24.7. The minimum atomic E-state index is -1.49. The van der Waals surface area contributed by atoms with Crippen LogP contribution in [-0.2, 0) is 4.43 Å². The molecule has 4 rings (SSSR count). The van der Waals surface area contributed by atoms with Gasteiger partial charge in [-0.05, 0) is 111 Å². The molecule has 3 fully saturated rings. The molecule has 9 atom stereocenters. The molecular weight excluding hydrogens is 416 g/mol. The fourth-order valence-electron chi connectivity index (χ4n) is 9.69. The summed E-state index contributed by atoms with van der Waals surface area (Å²) in [6.45, 7) is 22.3. The van der Waals surface area contributed by atoms with Crippen LogP contribution in [0.2, 0.25) is 19.6 Å². The molecule has 0 aliphatic heterocycles. The highest BCUT2D eigenvalue weighted by Gasteiger charge is 2.59. The van der Waals surface area contributed by atoms with Gasteiger partial charge in [0.25, 0.3) is 0 Å². The van der Waals surface area contributed by atoms with E-state index in [-0.39, 0.29) is 0 Å². The number of allylic oxidation sites excluding steroid dienone is 1. The third kappa shape index (κ3) is 4.83. The molecule has 0 unspecified atom stereocenters. The van der Waals surface area contributed by atoms with Crippen LogP contribution in [0.4, 0.5) is 0 Å². The predicted molar refractivity (Wildman–Crippen MR) is 146 cm³/mol. The molecule has 0 saturated heterocycles. The molecule has 0 heterocycles. The fraction of sp³-hybridized carbons (Fsp3) is 0.935. The van der Waals surface area contributed by atoms with Crippen LogP contribution < -0.4 is 0 Å². The van der Waals surface area contributed by atoms with Crippen molar-refractivity contribution in [3.63, 3.8) is 0 Å². The van der Waals surface area contributed by atoms with Gasteiger partial charge in [0.15, 0.2) is 8.32 Å². The summed E-state index contributed by atoms with van der Waals surface area (Å²) in [4.78, 5) is 0. The van der Waals surface area contributed by atoms with Gasteiger partial charge in [0.2, 0.25) is 0 Å². The first-order valence-electron chi connectivity index (χ1n) is 14.7. The second kappa shape index (κ2) is 9.42. The van der Waals surface area contributed by atoms with E-state index < -0.39 is 8.32 Å². The second-order valence-electron chi connectivity index (χ2n) is 14.8. The summed E-state index contributed by atoms with van der Waals surface area (Å²) < 4.78 is 6.69. The van der Waals surface area contributed by atoms with Crippen molar-refractivity contribution >= 4 is 8.32 Å². The number of rotatable bonds is 7. The summed E-state index contributed by atoms with van der Waals surface area (Å²) in [5.74, 6) is 6.17. The number of fused-ring (bicyclic) bond motifs is 5. The maximum Gasteiger partial charge on any atom is 0.184 e. The Bertz CT molecular complexity index is 719. The van der Waals surface area contributed by atoms with Gasteiger partial charge in [-0.2, -0.15) is 0 Å². The van der Waals surface area contributed by atoms with Crippen LogP contribution in [0.15, 0.2) is 11.6 Å². The van der Waals surface area contributed by atoms with E-state index in [2.05, 4.69) is 67.3 Å². The Hall–Kier alpha value is -0.0831. The summed E-state index contributed by atoms with van der Waals surface area (Å²) >= 11 is 0. The van der Waals surface area contributed by atoms with E-state index in [4.69, 9.17) is 4.43 Å². The van der Waals surface area contributed by atoms with E-state index in [1.165, 1.54) is 64.2 Å². The van der Waals surface area contributed by atoms with Crippen molar-refractivity contribution < 1.29 is 4.43 Å². The Kier molecular flexibility index (Phi) is 7.42. The van der Waals surface area contributed by atoms with Crippen LogP contribution in [0.3, 0.4) is 0 Å². The molecule has 4 aliphatic rings. The molecule has 0 spiro atoms. The van der Waals surface area contributed by atoms with Gasteiger partial charge in [-0.15, -0.1) is 0 Å². The molecule has 190 valence electrons. The van der Waals surface area contributed by atoms with Crippen molar-refractivity contribution in [1.29, 1.82) is 0 Å². The third-order valence-corrected chi connectivity index (χ3v) is 12.2. The number of hydrogen-bond acceptors (Lipinski definition) is 1. The Labute approximate surface area is 208 Å². The maximum absolute atomic E-state index is 6.69. The van der Waals surface area contributed by atoms with Gasteiger partial charge in [-0.3, -0.25) is 0 Å². The second-order valence-corrected chi connectivity index (χ2v) is 19.3. The topological polar surface area (TPSA) is 9.23 Å². The summed E-state index contributed by atoms with van der Waals surface area (Å²) in [7, 11) is -1.49. The van der Waals surface area contributed by atoms with Crippen LogP contribution >= 0.6 is 0 Å². The Morgan fingerprint density at radius 2 is 1.70 bits per heavy atom. The Morgan fingerprint density at radius 3 is 2.36 bits per heavy atom. The van der Waals surface area contributed by atoms with E-state index in [1.54, 1.807) is 5.57 Å². The van der Waals surface area contributed by atoms with Gasteiger partial charge >= 0.3 is 0 Å². The first-order chi connectivity index (χ1) is 15.4. The lowest BCUT2D eigenvalue weighted by Gasteiger charge is -2.60. The molecule has 33 heavy (non-hydrogen) atoms. The number of hydrogen-bond donors (Lipinski definition) is 0. The minimum Gasteiger partial charge on any atom is -0.414 e. The standard InChI is InChI=1S/C31H56OSi/c1-21(2)11-10-12-22(3)25-15-16-27-24-13-14-26-23(4)29(32-33(7,8)9)18-20-31(26,6)28(24)17-19-30(25,27)5/h14,21-25,27-29H,10-13,15-20H2,1-9H3/t22-,23-,24+,25-,27+,28+,29+,30-,31+/m1/s1. The predicted octanol–water partition coefficient (Wildman–Crippen LogP) is 9.49. The highest BCUT2D eigenvalue weighted by Crippen LogP contribution is 2.68. The van der Waals surface area contributed by atoms with Gasteiger partial charge in [-0.1, -0.05) is 72.5 Å². The summed E-state index contributed by atoms with van der Waals surface area (Å²) in [5, 5.41) is 0. The smallest absolute Gasteiger partial charge is 0.184 e. The molecule has 0 radical (unpaired) electrons. The van der Waals surface area contributed by atoms with Crippen molar-refractivity contribution in [2.45, 2.75) is 131 Å². The van der Waals surface area contributed by atoms with Gasteiger partial charge in [0.05, 0.1) is 6.10 Å². The lowest BCUT2D eigenvalue weighted by Crippen LogP contribution is -2.53. The van der Waals surface area contributed by atoms with Gasteiger partial charge in [0, 0.05) is 5.92 Å². The average molecular weight is 473 g/mol. The summed E-state index contributed by atoms with van der Waals surface area (Å²) in [5.41, 5.74) is 2.83.